The van der Waals surface area contributed by atoms with Crippen molar-refractivity contribution >= 4 is 44.7 Å². The first-order chi connectivity index (χ1) is 16.5. The van der Waals surface area contributed by atoms with Crippen molar-refractivity contribution in [1.82, 2.24) is 20.2 Å². The fourth-order valence-electron chi connectivity index (χ4n) is 4.42. The minimum absolute atomic E-state index is 0.0491. The van der Waals surface area contributed by atoms with Crippen LogP contribution in [0.15, 0.2) is 41.9 Å². The van der Waals surface area contributed by atoms with E-state index < -0.39 is 0 Å². The van der Waals surface area contributed by atoms with Gasteiger partial charge in [0.25, 0.3) is 5.91 Å². The Morgan fingerprint density at radius 1 is 1.18 bits per heavy atom. The molecule has 1 N–H and O–H groups in total. The maximum atomic E-state index is 13.0. The van der Waals surface area contributed by atoms with E-state index in [2.05, 4.69) is 21.4 Å². The lowest BCUT2D eigenvalue weighted by Gasteiger charge is -2.30. The maximum absolute atomic E-state index is 13.0. The molecular weight excluding hydrogens is 464 g/mol. The molecule has 0 atom stereocenters. The van der Waals surface area contributed by atoms with Gasteiger partial charge in [-0.05, 0) is 66.1 Å². The zero-order valence-corrected chi connectivity index (χ0v) is 20.9. The summed E-state index contributed by atoms with van der Waals surface area (Å²) in [5, 5.41) is 6.00. The number of aromatic nitrogens is 2. The Morgan fingerprint density at radius 2 is 2.03 bits per heavy atom. The van der Waals surface area contributed by atoms with Crippen LogP contribution in [0.4, 0.5) is 0 Å². The number of amides is 2. The lowest BCUT2D eigenvalue weighted by molar-refractivity contribution is -0.132. The first-order valence-corrected chi connectivity index (χ1v) is 13.1. The molecule has 4 aromatic rings. The summed E-state index contributed by atoms with van der Waals surface area (Å²) < 4.78 is 1.16. The quantitative estimate of drug-likeness (QED) is 0.421. The number of fused-ring (bicyclic) bond motifs is 2. The number of carbonyl (C=O) groups is 2. The molecule has 0 radical (unpaired) electrons. The van der Waals surface area contributed by atoms with Crippen LogP contribution in [-0.4, -0.2) is 33.2 Å². The van der Waals surface area contributed by atoms with Gasteiger partial charge in [0, 0.05) is 44.4 Å². The number of nitrogens with one attached hydrogen (secondary N) is 1. The topological polar surface area (TPSA) is 75.2 Å². The lowest BCUT2D eigenvalue weighted by atomic mass is 9.94. The first-order valence-electron chi connectivity index (χ1n) is 11.4. The largest absolute Gasteiger partial charge is 0.347 e. The average molecular weight is 491 g/mol. The van der Waals surface area contributed by atoms with Gasteiger partial charge in [-0.3, -0.25) is 14.6 Å². The molecule has 3 aromatic heterocycles. The second kappa shape index (κ2) is 9.64. The van der Waals surface area contributed by atoms with Crippen LogP contribution < -0.4 is 5.32 Å². The Bertz CT molecular complexity index is 1340. The van der Waals surface area contributed by atoms with Gasteiger partial charge in [0.05, 0.1) is 20.1 Å². The van der Waals surface area contributed by atoms with Crippen molar-refractivity contribution in [2.75, 3.05) is 6.54 Å². The van der Waals surface area contributed by atoms with E-state index in [9.17, 15) is 9.59 Å². The van der Waals surface area contributed by atoms with Crippen molar-refractivity contribution < 1.29 is 9.59 Å². The van der Waals surface area contributed by atoms with Gasteiger partial charge in [0.1, 0.15) is 0 Å². The summed E-state index contributed by atoms with van der Waals surface area (Å²) in [4.78, 5) is 37.4. The van der Waals surface area contributed by atoms with Crippen LogP contribution in [0.1, 0.15) is 49.0 Å². The number of aryl methyl sites for hydroxylation is 3. The predicted octanol–water partition coefficient (Wildman–Crippen LogP) is 4.82. The van der Waals surface area contributed by atoms with Gasteiger partial charge in [-0.25, -0.2) is 4.98 Å². The summed E-state index contributed by atoms with van der Waals surface area (Å²) in [6.45, 7) is 5.62. The predicted molar refractivity (Wildman–Crippen MR) is 136 cm³/mol. The highest BCUT2D eigenvalue weighted by molar-refractivity contribution is 7.18. The fourth-order valence-corrected chi connectivity index (χ4v) is 6.23. The van der Waals surface area contributed by atoms with Gasteiger partial charge in [0.15, 0.2) is 0 Å². The number of hydrogen-bond acceptors (Lipinski definition) is 6. The lowest BCUT2D eigenvalue weighted by Crippen LogP contribution is -2.37. The average Bonchev–Trinajstić information content (AvgIpc) is 3.47. The molecule has 8 heteroatoms. The van der Waals surface area contributed by atoms with Crippen LogP contribution in [-0.2, 0) is 30.7 Å². The van der Waals surface area contributed by atoms with Crippen molar-refractivity contribution in [2.45, 2.75) is 46.2 Å². The monoisotopic (exact) mass is 490 g/mol. The second-order valence-electron chi connectivity index (χ2n) is 8.58. The van der Waals surface area contributed by atoms with E-state index in [4.69, 9.17) is 0 Å². The van der Waals surface area contributed by atoms with Gasteiger partial charge >= 0.3 is 0 Å². The highest BCUT2D eigenvalue weighted by atomic mass is 32.1. The third-order valence-corrected chi connectivity index (χ3v) is 8.44. The Balaban J connectivity index is 1.23. The Hall–Kier alpha value is -3.10. The summed E-state index contributed by atoms with van der Waals surface area (Å²) >= 11 is 3.12. The minimum Gasteiger partial charge on any atom is -0.347 e. The SMILES string of the molecule is Cc1ccsc1C(=O)NCc1c(C)ncc2c1CCN(C(=O)CCc1nc3ccccc3s1)C2. The van der Waals surface area contributed by atoms with Crippen LogP contribution >= 0.6 is 22.7 Å². The molecule has 0 aliphatic carbocycles. The molecule has 1 aliphatic rings. The molecule has 1 aromatic carbocycles. The summed E-state index contributed by atoms with van der Waals surface area (Å²) in [6.07, 6.45) is 3.77. The number of hydrogen-bond donors (Lipinski definition) is 1. The molecule has 0 saturated heterocycles. The third kappa shape index (κ3) is 4.60. The Morgan fingerprint density at radius 3 is 2.82 bits per heavy atom. The number of pyridine rings is 1. The number of thiazole rings is 1. The number of nitrogens with zero attached hydrogens (tertiary/aromatic N) is 3. The Kier molecular flexibility index (Phi) is 6.43. The van der Waals surface area contributed by atoms with Crippen molar-refractivity contribution in [3.8, 4) is 0 Å². The molecule has 0 spiro atoms. The maximum Gasteiger partial charge on any atom is 0.261 e. The number of carbonyl (C=O) groups excluding carboxylic acids is 2. The van der Waals surface area contributed by atoms with Crippen molar-refractivity contribution in [3.63, 3.8) is 0 Å². The zero-order valence-electron chi connectivity index (χ0n) is 19.3. The van der Waals surface area contributed by atoms with Crippen molar-refractivity contribution in [3.05, 3.63) is 79.7 Å². The van der Waals surface area contributed by atoms with E-state index >= 15 is 0 Å². The number of rotatable bonds is 6. The van der Waals surface area contributed by atoms with Gasteiger partial charge < -0.3 is 10.2 Å². The van der Waals surface area contributed by atoms with Crippen LogP contribution in [0.2, 0.25) is 0 Å². The van der Waals surface area contributed by atoms with Gasteiger partial charge in [-0.15, -0.1) is 22.7 Å². The molecular formula is C26H26N4O2S2. The standard InChI is InChI=1S/C26H26N4O2S2/c1-16-10-12-33-25(16)26(32)28-14-20-17(2)27-13-18-15-30(11-9-19(18)20)24(31)8-7-23-29-21-5-3-4-6-22(21)34-23/h3-6,10,12-13H,7-9,11,14-15H2,1-2H3,(H,28,32). The summed E-state index contributed by atoms with van der Waals surface area (Å²) in [7, 11) is 0. The molecule has 0 unspecified atom stereocenters. The first kappa shape index (κ1) is 22.7. The number of benzene rings is 1. The third-order valence-electron chi connectivity index (χ3n) is 6.33. The van der Waals surface area contributed by atoms with Gasteiger partial charge in [0.2, 0.25) is 5.91 Å². The van der Waals surface area contributed by atoms with Crippen LogP contribution in [0.25, 0.3) is 10.2 Å². The normalized spacial score (nSPS) is 13.2. The van der Waals surface area contributed by atoms with E-state index in [1.165, 1.54) is 16.9 Å². The highest BCUT2D eigenvalue weighted by Crippen LogP contribution is 2.26. The number of thiophene rings is 1. The molecule has 0 saturated carbocycles. The Labute approximate surface area is 206 Å². The van der Waals surface area contributed by atoms with E-state index in [0.29, 0.717) is 32.5 Å². The van der Waals surface area contributed by atoms with E-state index in [1.807, 2.05) is 54.6 Å². The van der Waals surface area contributed by atoms with Crippen molar-refractivity contribution in [2.24, 2.45) is 0 Å². The van der Waals surface area contributed by atoms with Crippen LogP contribution in [0.5, 0.6) is 0 Å². The molecule has 174 valence electrons. The van der Waals surface area contributed by atoms with E-state index in [0.717, 1.165) is 48.9 Å². The minimum atomic E-state index is -0.0491. The fraction of sp³-hybridized carbons (Fsp3) is 0.308. The molecule has 34 heavy (non-hydrogen) atoms. The molecule has 1 aliphatic heterocycles. The highest BCUT2D eigenvalue weighted by Gasteiger charge is 2.24. The van der Waals surface area contributed by atoms with Crippen molar-refractivity contribution in [1.29, 1.82) is 0 Å². The second-order valence-corrected chi connectivity index (χ2v) is 10.6. The van der Waals surface area contributed by atoms with Crippen LogP contribution in [0.3, 0.4) is 0 Å². The summed E-state index contributed by atoms with van der Waals surface area (Å²) in [5.41, 5.74) is 6.27. The van der Waals surface area contributed by atoms with Gasteiger partial charge in [-0.1, -0.05) is 12.1 Å². The smallest absolute Gasteiger partial charge is 0.261 e. The summed E-state index contributed by atoms with van der Waals surface area (Å²) in [6, 6.07) is 10.0. The molecule has 5 rings (SSSR count). The zero-order chi connectivity index (χ0) is 23.7. The molecule has 4 heterocycles. The molecule has 0 bridgehead atoms. The van der Waals surface area contributed by atoms with E-state index in [-0.39, 0.29) is 11.8 Å². The van der Waals surface area contributed by atoms with Gasteiger partial charge in [-0.2, -0.15) is 0 Å². The van der Waals surface area contributed by atoms with Crippen LogP contribution in [0, 0.1) is 13.8 Å². The van der Waals surface area contributed by atoms with E-state index in [1.54, 1.807) is 11.3 Å². The molecule has 2 amide bonds. The molecule has 0 fully saturated rings. The number of para-hydroxylation sites is 1. The molecule has 6 nitrogen and oxygen atoms in total. The summed E-state index contributed by atoms with van der Waals surface area (Å²) in [5.74, 6) is 0.0977.